The number of hydrogen-bond acceptors (Lipinski definition) is 0. The molecule has 90 valence electrons. The molecule has 0 amide bonds. The molecular weight excluding hydrogens is 216 g/mol. The van der Waals surface area contributed by atoms with Crippen molar-refractivity contribution >= 4 is 21.5 Å². The molecule has 0 aliphatic rings. The molecule has 0 spiro atoms. The zero-order valence-corrected chi connectivity index (χ0v) is 11.0. The lowest BCUT2D eigenvalue weighted by Gasteiger charge is -2.07. The van der Waals surface area contributed by atoms with Crippen LogP contribution >= 0.6 is 0 Å². The molecule has 0 bridgehead atoms. The van der Waals surface area contributed by atoms with E-state index in [1.165, 1.54) is 45.5 Å². The third-order valence-electron chi connectivity index (χ3n) is 3.66. The van der Waals surface area contributed by atoms with E-state index in [2.05, 4.69) is 62.4 Å². The average molecular weight is 234 g/mol. The summed E-state index contributed by atoms with van der Waals surface area (Å²) in [7, 11) is 0. The number of fused-ring (bicyclic) bond motifs is 2. The number of hydrogen-bond donors (Lipinski definition) is 0. The van der Waals surface area contributed by atoms with Crippen LogP contribution in [0.5, 0.6) is 0 Å². The Bertz CT molecular complexity index is 708. The molecule has 3 rings (SSSR count). The van der Waals surface area contributed by atoms with Crippen molar-refractivity contribution in [2.24, 2.45) is 0 Å². The fourth-order valence-electron chi connectivity index (χ4n) is 2.67. The minimum absolute atomic E-state index is 1.17. The molecular formula is C18H18. The Morgan fingerprint density at radius 3 is 2.56 bits per heavy atom. The van der Waals surface area contributed by atoms with Gasteiger partial charge in [0.05, 0.1) is 0 Å². The first-order valence-electron chi connectivity index (χ1n) is 6.70. The van der Waals surface area contributed by atoms with Crippen LogP contribution in [0.2, 0.25) is 0 Å². The van der Waals surface area contributed by atoms with E-state index in [0.29, 0.717) is 0 Å². The first-order valence-corrected chi connectivity index (χ1v) is 6.70. The maximum Gasteiger partial charge on any atom is -0.0148 e. The van der Waals surface area contributed by atoms with Gasteiger partial charge in [-0.1, -0.05) is 49.7 Å². The Hall–Kier alpha value is -1.82. The Labute approximate surface area is 108 Å². The molecule has 0 heteroatoms. The summed E-state index contributed by atoms with van der Waals surface area (Å²) in [6, 6.07) is 18.0. The monoisotopic (exact) mass is 234 g/mol. The second kappa shape index (κ2) is 4.45. The van der Waals surface area contributed by atoms with Crippen LogP contribution in [-0.4, -0.2) is 0 Å². The van der Waals surface area contributed by atoms with Crippen LogP contribution in [0.15, 0.2) is 48.5 Å². The summed E-state index contributed by atoms with van der Waals surface area (Å²) in [5.41, 5.74) is 2.80. The second-order valence-corrected chi connectivity index (χ2v) is 5.08. The van der Waals surface area contributed by atoms with Crippen molar-refractivity contribution in [3.63, 3.8) is 0 Å². The molecule has 0 atom stereocenters. The molecule has 0 aliphatic heterocycles. The van der Waals surface area contributed by atoms with Gasteiger partial charge >= 0.3 is 0 Å². The van der Waals surface area contributed by atoms with Crippen molar-refractivity contribution in [1.29, 1.82) is 0 Å². The van der Waals surface area contributed by atoms with Gasteiger partial charge in [0.2, 0.25) is 0 Å². The zero-order chi connectivity index (χ0) is 12.5. The van der Waals surface area contributed by atoms with Gasteiger partial charge in [0.25, 0.3) is 0 Å². The van der Waals surface area contributed by atoms with Gasteiger partial charge in [-0.25, -0.2) is 0 Å². The lowest BCUT2D eigenvalue weighted by molar-refractivity contribution is 0.924. The first kappa shape index (κ1) is 11.3. The SMILES string of the molecule is CCCc1ccc2cc3cccc(C)c3cc2c1. The first-order chi connectivity index (χ1) is 8.78. The Kier molecular flexibility index (Phi) is 2.79. The van der Waals surface area contributed by atoms with Gasteiger partial charge < -0.3 is 0 Å². The van der Waals surface area contributed by atoms with Crippen molar-refractivity contribution in [2.75, 3.05) is 0 Å². The smallest absolute Gasteiger partial charge is 0.0148 e. The molecule has 0 nitrogen and oxygen atoms in total. The Morgan fingerprint density at radius 2 is 1.72 bits per heavy atom. The summed E-state index contributed by atoms with van der Waals surface area (Å²) >= 11 is 0. The Morgan fingerprint density at radius 1 is 0.833 bits per heavy atom. The predicted octanol–water partition coefficient (Wildman–Crippen LogP) is 5.25. The van der Waals surface area contributed by atoms with E-state index in [1.807, 2.05) is 0 Å². The fraction of sp³-hybridized carbons (Fsp3) is 0.222. The Balaban J connectivity index is 2.28. The molecule has 3 aromatic carbocycles. The van der Waals surface area contributed by atoms with Gasteiger partial charge in [0.15, 0.2) is 0 Å². The van der Waals surface area contributed by atoms with Crippen molar-refractivity contribution in [3.8, 4) is 0 Å². The minimum Gasteiger partial charge on any atom is -0.0651 e. The second-order valence-electron chi connectivity index (χ2n) is 5.08. The molecule has 18 heavy (non-hydrogen) atoms. The van der Waals surface area contributed by atoms with Crippen LogP contribution in [0.1, 0.15) is 24.5 Å². The van der Waals surface area contributed by atoms with Crippen LogP contribution in [0.3, 0.4) is 0 Å². The van der Waals surface area contributed by atoms with Crippen LogP contribution < -0.4 is 0 Å². The van der Waals surface area contributed by atoms with Crippen molar-refractivity contribution < 1.29 is 0 Å². The normalized spacial score (nSPS) is 11.2. The zero-order valence-electron chi connectivity index (χ0n) is 11.0. The lowest BCUT2D eigenvalue weighted by atomic mass is 9.98. The molecule has 0 aliphatic carbocycles. The lowest BCUT2D eigenvalue weighted by Crippen LogP contribution is -1.84. The fourth-order valence-corrected chi connectivity index (χ4v) is 2.67. The average Bonchev–Trinajstić information content (AvgIpc) is 2.38. The highest BCUT2D eigenvalue weighted by molar-refractivity contribution is 5.99. The summed E-state index contributed by atoms with van der Waals surface area (Å²) in [4.78, 5) is 0. The van der Waals surface area contributed by atoms with Crippen molar-refractivity contribution in [2.45, 2.75) is 26.7 Å². The molecule has 0 unspecified atom stereocenters. The summed E-state index contributed by atoms with van der Waals surface area (Å²) in [5, 5.41) is 5.42. The quantitative estimate of drug-likeness (QED) is 0.531. The summed E-state index contributed by atoms with van der Waals surface area (Å²) < 4.78 is 0. The van der Waals surface area contributed by atoms with Gasteiger partial charge in [0.1, 0.15) is 0 Å². The number of benzene rings is 3. The molecule has 0 fully saturated rings. The molecule has 0 aromatic heterocycles. The van der Waals surface area contributed by atoms with Crippen molar-refractivity contribution in [1.82, 2.24) is 0 Å². The maximum atomic E-state index is 2.34. The molecule has 0 heterocycles. The van der Waals surface area contributed by atoms with Gasteiger partial charge in [-0.05, 0) is 58.1 Å². The number of aryl methyl sites for hydroxylation is 2. The predicted molar refractivity (Wildman–Crippen MR) is 80.2 cm³/mol. The van der Waals surface area contributed by atoms with Crippen molar-refractivity contribution in [3.05, 3.63) is 59.7 Å². The molecule has 0 radical (unpaired) electrons. The molecule has 0 N–H and O–H groups in total. The standard InChI is InChI=1S/C18H18/c1-3-5-14-8-9-15-11-16-7-4-6-13(2)18(16)12-17(15)10-14/h4,6-12H,3,5H2,1-2H3. The summed E-state index contributed by atoms with van der Waals surface area (Å²) in [6.45, 7) is 4.42. The minimum atomic E-state index is 1.17. The van der Waals surface area contributed by atoms with Gasteiger partial charge in [-0.15, -0.1) is 0 Å². The van der Waals surface area contributed by atoms with E-state index in [0.717, 1.165) is 0 Å². The van der Waals surface area contributed by atoms with E-state index in [1.54, 1.807) is 0 Å². The van der Waals surface area contributed by atoms with E-state index >= 15 is 0 Å². The van der Waals surface area contributed by atoms with E-state index in [4.69, 9.17) is 0 Å². The molecule has 0 saturated carbocycles. The van der Waals surface area contributed by atoms with Gasteiger partial charge in [0, 0.05) is 0 Å². The molecule has 0 saturated heterocycles. The summed E-state index contributed by atoms with van der Waals surface area (Å²) in [6.07, 6.45) is 2.37. The highest BCUT2D eigenvalue weighted by Crippen LogP contribution is 2.26. The van der Waals surface area contributed by atoms with Crippen LogP contribution in [0, 0.1) is 6.92 Å². The maximum absolute atomic E-state index is 2.34. The number of rotatable bonds is 2. The van der Waals surface area contributed by atoms with E-state index in [-0.39, 0.29) is 0 Å². The highest BCUT2D eigenvalue weighted by atomic mass is 14.1. The van der Waals surface area contributed by atoms with E-state index < -0.39 is 0 Å². The van der Waals surface area contributed by atoms with Gasteiger partial charge in [-0.3, -0.25) is 0 Å². The third kappa shape index (κ3) is 1.88. The van der Waals surface area contributed by atoms with Gasteiger partial charge in [-0.2, -0.15) is 0 Å². The summed E-state index contributed by atoms with van der Waals surface area (Å²) in [5.74, 6) is 0. The van der Waals surface area contributed by atoms with Crippen LogP contribution in [0.25, 0.3) is 21.5 Å². The third-order valence-corrected chi connectivity index (χ3v) is 3.66. The largest absolute Gasteiger partial charge is 0.0651 e. The van der Waals surface area contributed by atoms with Crippen LogP contribution in [0.4, 0.5) is 0 Å². The molecule has 3 aromatic rings. The highest BCUT2D eigenvalue weighted by Gasteiger charge is 2.01. The van der Waals surface area contributed by atoms with E-state index in [9.17, 15) is 0 Å². The topological polar surface area (TPSA) is 0 Å². The van der Waals surface area contributed by atoms with Crippen LogP contribution in [-0.2, 0) is 6.42 Å².